The van der Waals surface area contributed by atoms with Gasteiger partial charge in [-0.2, -0.15) is 0 Å². The van der Waals surface area contributed by atoms with Gasteiger partial charge >= 0.3 is 0 Å². The summed E-state index contributed by atoms with van der Waals surface area (Å²) in [6.45, 7) is 0. The molecule has 7 heteroatoms. The van der Waals surface area contributed by atoms with Crippen LogP contribution in [0.4, 0.5) is 14.6 Å². The molecule has 0 saturated carbocycles. The van der Waals surface area contributed by atoms with E-state index in [2.05, 4.69) is 4.98 Å². The van der Waals surface area contributed by atoms with Crippen molar-refractivity contribution in [3.8, 4) is 0 Å². The largest absolute Gasteiger partial charge is 0.383 e. The van der Waals surface area contributed by atoms with E-state index < -0.39 is 23.7 Å². The predicted octanol–water partition coefficient (Wildman–Crippen LogP) is 1.35. The van der Waals surface area contributed by atoms with Crippen LogP contribution in [0.25, 0.3) is 0 Å². The van der Waals surface area contributed by atoms with Gasteiger partial charge in [0.15, 0.2) is 0 Å². The average Bonchev–Trinajstić information content (AvgIpc) is 2.02. The molecular weight excluding hydrogens is 216 g/mol. The normalized spacial score (nSPS) is 10.6. The van der Waals surface area contributed by atoms with Crippen molar-refractivity contribution < 1.29 is 13.6 Å². The lowest BCUT2D eigenvalue weighted by Crippen LogP contribution is -2.14. The van der Waals surface area contributed by atoms with Gasteiger partial charge in [0.2, 0.25) is 0 Å². The Morgan fingerprint density at radius 3 is 2.57 bits per heavy atom. The molecular formula is C7H6ClF2N3O. The molecule has 0 aliphatic carbocycles. The average molecular weight is 222 g/mol. The van der Waals surface area contributed by atoms with Crippen molar-refractivity contribution in [1.29, 1.82) is 0 Å². The second-order valence-corrected chi connectivity index (χ2v) is 2.82. The summed E-state index contributed by atoms with van der Waals surface area (Å²) in [5.74, 6) is -1.33. The number of carbonyl (C=O) groups is 1. The van der Waals surface area contributed by atoms with Crippen molar-refractivity contribution in [3.05, 3.63) is 22.3 Å². The molecule has 4 N–H and O–H groups in total. The number of amides is 1. The third-order valence-corrected chi connectivity index (χ3v) is 1.83. The van der Waals surface area contributed by atoms with Gasteiger partial charge in [-0.3, -0.25) is 4.79 Å². The Hall–Kier alpha value is -1.43. The van der Waals surface area contributed by atoms with E-state index in [1.807, 2.05) is 0 Å². The van der Waals surface area contributed by atoms with Crippen LogP contribution in [0.1, 0.15) is 22.3 Å². The van der Waals surface area contributed by atoms with Gasteiger partial charge in [0.25, 0.3) is 12.3 Å². The number of alkyl halides is 2. The number of nitrogens with two attached hydrogens (primary N) is 2. The second kappa shape index (κ2) is 3.75. The molecule has 0 aromatic carbocycles. The number of carbonyl (C=O) groups excluding carboxylic acids is 1. The van der Waals surface area contributed by atoms with Gasteiger partial charge in [0.05, 0.1) is 11.1 Å². The highest BCUT2D eigenvalue weighted by molar-refractivity contribution is 6.32. The first kappa shape index (κ1) is 10.6. The number of primary amides is 1. The minimum Gasteiger partial charge on any atom is -0.383 e. The number of rotatable bonds is 2. The number of aromatic nitrogens is 1. The van der Waals surface area contributed by atoms with Crippen LogP contribution in [-0.4, -0.2) is 10.9 Å². The van der Waals surface area contributed by atoms with Crippen molar-refractivity contribution in [3.63, 3.8) is 0 Å². The van der Waals surface area contributed by atoms with Gasteiger partial charge in [0.1, 0.15) is 11.0 Å². The fourth-order valence-corrected chi connectivity index (χ4v) is 1.11. The van der Waals surface area contributed by atoms with Gasteiger partial charge in [-0.15, -0.1) is 0 Å². The lowest BCUT2D eigenvalue weighted by Gasteiger charge is -2.06. The molecule has 1 rings (SSSR count). The van der Waals surface area contributed by atoms with Crippen LogP contribution in [0.2, 0.25) is 5.15 Å². The van der Waals surface area contributed by atoms with E-state index in [0.717, 1.165) is 6.07 Å². The quantitative estimate of drug-likeness (QED) is 0.740. The van der Waals surface area contributed by atoms with Crippen LogP contribution < -0.4 is 11.5 Å². The highest BCUT2D eigenvalue weighted by Gasteiger charge is 2.18. The molecule has 0 radical (unpaired) electrons. The summed E-state index contributed by atoms with van der Waals surface area (Å²) in [4.78, 5) is 14.1. The van der Waals surface area contributed by atoms with Gasteiger partial charge in [-0.25, -0.2) is 13.8 Å². The van der Waals surface area contributed by atoms with Crippen molar-refractivity contribution in [2.45, 2.75) is 6.43 Å². The molecule has 1 amide bonds. The molecule has 0 aliphatic heterocycles. The lowest BCUT2D eigenvalue weighted by molar-refractivity contribution is 0.0999. The zero-order valence-electron chi connectivity index (χ0n) is 6.80. The molecule has 0 fully saturated rings. The zero-order valence-corrected chi connectivity index (χ0v) is 7.55. The van der Waals surface area contributed by atoms with Crippen molar-refractivity contribution in [2.75, 3.05) is 5.73 Å². The topological polar surface area (TPSA) is 82.0 Å². The van der Waals surface area contributed by atoms with Crippen LogP contribution in [-0.2, 0) is 0 Å². The van der Waals surface area contributed by atoms with E-state index >= 15 is 0 Å². The predicted molar refractivity (Wildman–Crippen MR) is 47.1 cm³/mol. The van der Waals surface area contributed by atoms with E-state index in [9.17, 15) is 13.6 Å². The molecule has 0 spiro atoms. The Bertz CT molecular complexity index is 383. The summed E-state index contributed by atoms with van der Waals surface area (Å²) in [6.07, 6.45) is -2.82. The molecule has 0 unspecified atom stereocenters. The third kappa shape index (κ3) is 1.90. The van der Waals surface area contributed by atoms with Crippen molar-refractivity contribution >= 4 is 23.3 Å². The van der Waals surface area contributed by atoms with E-state index in [-0.39, 0.29) is 10.7 Å². The Labute approximate surface area is 82.9 Å². The standard InChI is InChI=1S/C7H6ClF2N3O/c8-4-2(7(12)14)1-3(5(9)10)6(11)13-4/h1,5H,(H2,11,13)(H2,12,14). The monoisotopic (exact) mass is 221 g/mol. The fourth-order valence-electron chi connectivity index (χ4n) is 0.867. The smallest absolute Gasteiger partial charge is 0.267 e. The Morgan fingerprint density at radius 1 is 1.57 bits per heavy atom. The highest BCUT2D eigenvalue weighted by Crippen LogP contribution is 2.27. The Balaban J connectivity index is 3.34. The number of pyridine rings is 1. The summed E-state index contributed by atoms with van der Waals surface area (Å²) >= 11 is 5.46. The van der Waals surface area contributed by atoms with Gasteiger partial charge in [-0.1, -0.05) is 11.6 Å². The van der Waals surface area contributed by atoms with Crippen LogP contribution in [0.15, 0.2) is 6.07 Å². The third-order valence-electron chi connectivity index (χ3n) is 1.54. The second-order valence-electron chi connectivity index (χ2n) is 2.47. The van der Waals surface area contributed by atoms with E-state index in [1.54, 1.807) is 0 Å². The van der Waals surface area contributed by atoms with Gasteiger partial charge in [-0.05, 0) is 6.07 Å². The molecule has 1 heterocycles. The fraction of sp³-hybridized carbons (Fsp3) is 0.143. The van der Waals surface area contributed by atoms with Crippen LogP contribution >= 0.6 is 11.6 Å². The first-order valence-electron chi connectivity index (χ1n) is 3.47. The maximum absolute atomic E-state index is 12.3. The molecule has 0 atom stereocenters. The summed E-state index contributed by atoms with van der Waals surface area (Å²) in [6, 6.07) is 0.845. The molecule has 1 aromatic heterocycles. The molecule has 14 heavy (non-hydrogen) atoms. The maximum atomic E-state index is 12.3. The maximum Gasteiger partial charge on any atom is 0.267 e. The summed E-state index contributed by atoms with van der Waals surface area (Å²) in [7, 11) is 0. The number of hydrogen-bond acceptors (Lipinski definition) is 3. The van der Waals surface area contributed by atoms with Gasteiger partial charge in [0, 0.05) is 0 Å². The van der Waals surface area contributed by atoms with E-state index in [4.69, 9.17) is 23.1 Å². The summed E-state index contributed by atoms with van der Waals surface area (Å²) < 4.78 is 24.6. The number of nitrogens with zero attached hydrogens (tertiary/aromatic N) is 1. The summed E-state index contributed by atoms with van der Waals surface area (Å²) in [5.41, 5.74) is 9.23. The summed E-state index contributed by atoms with van der Waals surface area (Å²) in [5, 5.41) is -0.278. The number of halogens is 3. The zero-order chi connectivity index (χ0) is 10.9. The highest BCUT2D eigenvalue weighted by atomic mass is 35.5. The number of hydrogen-bond donors (Lipinski definition) is 2. The molecule has 76 valence electrons. The molecule has 4 nitrogen and oxygen atoms in total. The minimum atomic E-state index is -2.82. The van der Waals surface area contributed by atoms with Gasteiger partial charge < -0.3 is 11.5 Å². The Kier molecular flexibility index (Phi) is 2.85. The molecule has 0 aliphatic rings. The Morgan fingerprint density at radius 2 is 2.14 bits per heavy atom. The first-order chi connectivity index (χ1) is 6.43. The molecule has 1 aromatic rings. The van der Waals surface area contributed by atoms with E-state index in [0.29, 0.717) is 0 Å². The van der Waals surface area contributed by atoms with Crippen molar-refractivity contribution in [2.24, 2.45) is 5.73 Å². The van der Waals surface area contributed by atoms with Crippen molar-refractivity contribution in [1.82, 2.24) is 4.98 Å². The van der Waals surface area contributed by atoms with Crippen LogP contribution in [0, 0.1) is 0 Å². The SMILES string of the molecule is NC(=O)c1cc(C(F)F)c(N)nc1Cl. The minimum absolute atomic E-state index is 0.267. The van der Waals surface area contributed by atoms with Crippen LogP contribution in [0.5, 0.6) is 0 Å². The number of nitrogen functional groups attached to an aromatic ring is 1. The lowest BCUT2D eigenvalue weighted by atomic mass is 10.2. The first-order valence-corrected chi connectivity index (χ1v) is 3.85. The van der Waals surface area contributed by atoms with E-state index in [1.165, 1.54) is 0 Å². The number of anilines is 1. The molecule has 0 bridgehead atoms. The van der Waals surface area contributed by atoms with Crippen LogP contribution in [0.3, 0.4) is 0 Å². The molecule has 0 saturated heterocycles.